The highest BCUT2D eigenvalue weighted by Crippen LogP contribution is 2.33. The number of halogens is 2. The number of aryl methyl sites for hydroxylation is 1. The monoisotopic (exact) mass is 462 g/mol. The third-order valence-electron chi connectivity index (χ3n) is 5.11. The summed E-state index contributed by atoms with van der Waals surface area (Å²) in [4.78, 5) is 30.3. The molecule has 0 aliphatic carbocycles. The maximum atomic E-state index is 12.6. The maximum Gasteiger partial charge on any atom is 0.335 e. The number of fused-ring (bicyclic) bond motifs is 1. The van der Waals surface area contributed by atoms with Crippen LogP contribution in [0.25, 0.3) is 11.0 Å². The third-order valence-corrected chi connectivity index (χ3v) is 5.74. The van der Waals surface area contributed by atoms with Crippen molar-refractivity contribution in [2.45, 2.75) is 13.0 Å². The first-order chi connectivity index (χ1) is 14.9. The number of hydrogen-bond acceptors (Lipinski definition) is 5. The average Bonchev–Trinajstić information content (AvgIpc) is 3.11. The second-order valence-electron chi connectivity index (χ2n) is 7.06. The molecular weight excluding hydrogens is 443 g/mol. The SMILES string of the molecule is O=C(O)c1ccc2c(c1)nc(Nc1c(Cl)cccc1Cl)n2CCC(=O)N1CCOCC1. The van der Waals surface area contributed by atoms with E-state index >= 15 is 0 Å². The minimum absolute atomic E-state index is 0.0223. The van der Waals surface area contributed by atoms with Crippen molar-refractivity contribution < 1.29 is 19.4 Å². The molecule has 1 amide bonds. The van der Waals surface area contributed by atoms with E-state index in [2.05, 4.69) is 10.3 Å². The summed E-state index contributed by atoms with van der Waals surface area (Å²) in [6, 6.07) is 9.83. The number of nitrogens with zero attached hydrogens (tertiary/aromatic N) is 3. The van der Waals surface area contributed by atoms with Crippen LogP contribution in [-0.4, -0.2) is 57.7 Å². The first-order valence-electron chi connectivity index (χ1n) is 9.74. The standard InChI is InChI=1S/C21H20Cl2N4O4/c22-14-2-1-3-15(23)19(14)25-21-24-16-12-13(20(29)30)4-5-17(16)27(21)7-6-18(28)26-8-10-31-11-9-26/h1-5,12H,6-11H2,(H,24,25)(H,29,30). The van der Waals surface area contributed by atoms with Gasteiger partial charge in [0.05, 0.1) is 45.5 Å². The number of para-hydroxylation sites is 1. The molecule has 10 heteroatoms. The number of rotatable bonds is 6. The molecule has 0 atom stereocenters. The number of ether oxygens (including phenoxy) is 1. The van der Waals surface area contributed by atoms with Crippen molar-refractivity contribution in [2.24, 2.45) is 0 Å². The molecule has 31 heavy (non-hydrogen) atoms. The number of hydrogen-bond donors (Lipinski definition) is 2. The Bertz CT molecular complexity index is 1120. The van der Waals surface area contributed by atoms with E-state index in [4.69, 9.17) is 27.9 Å². The lowest BCUT2D eigenvalue weighted by Crippen LogP contribution is -2.41. The van der Waals surface area contributed by atoms with Gasteiger partial charge in [-0.3, -0.25) is 4.79 Å². The van der Waals surface area contributed by atoms with Gasteiger partial charge in [-0.2, -0.15) is 0 Å². The number of anilines is 2. The number of amides is 1. The summed E-state index contributed by atoms with van der Waals surface area (Å²) in [5.41, 5.74) is 1.80. The van der Waals surface area contributed by atoms with Crippen LogP contribution >= 0.6 is 23.2 Å². The van der Waals surface area contributed by atoms with E-state index in [1.54, 1.807) is 29.2 Å². The number of imidazole rings is 1. The second-order valence-corrected chi connectivity index (χ2v) is 7.87. The minimum atomic E-state index is -1.04. The molecule has 0 bridgehead atoms. The van der Waals surface area contributed by atoms with Crippen LogP contribution in [0.4, 0.5) is 11.6 Å². The van der Waals surface area contributed by atoms with Crippen molar-refractivity contribution in [3.05, 3.63) is 52.0 Å². The fourth-order valence-electron chi connectivity index (χ4n) is 3.49. The number of carbonyl (C=O) groups is 2. The number of aromatic carboxylic acids is 1. The molecule has 162 valence electrons. The lowest BCUT2D eigenvalue weighted by atomic mass is 10.2. The summed E-state index contributed by atoms with van der Waals surface area (Å²) < 4.78 is 7.14. The van der Waals surface area contributed by atoms with Crippen LogP contribution in [0.1, 0.15) is 16.8 Å². The van der Waals surface area contributed by atoms with Gasteiger partial charge < -0.3 is 24.6 Å². The molecule has 2 N–H and O–H groups in total. The summed E-state index contributed by atoms with van der Waals surface area (Å²) in [7, 11) is 0. The molecule has 0 unspecified atom stereocenters. The van der Waals surface area contributed by atoms with Crippen molar-refractivity contribution in [2.75, 3.05) is 31.6 Å². The normalized spacial score (nSPS) is 14.1. The molecule has 0 spiro atoms. The smallest absolute Gasteiger partial charge is 0.335 e. The second kappa shape index (κ2) is 9.13. The van der Waals surface area contributed by atoms with Gasteiger partial charge in [-0.1, -0.05) is 29.3 Å². The fraction of sp³-hybridized carbons (Fsp3) is 0.286. The van der Waals surface area contributed by atoms with Gasteiger partial charge in [0.15, 0.2) is 0 Å². The quantitative estimate of drug-likeness (QED) is 0.573. The fourth-order valence-corrected chi connectivity index (χ4v) is 3.98. The molecular formula is C21H20Cl2N4O4. The molecule has 1 saturated heterocycles. The Morgan fingerprint density at radius 1 is 1.13 bits per heavy atom. The zero-order valence-corrected chi connectivity index (χ0v) is 18.0. The van der Waals surface area contributed by atoms with Gasteiger partial charge in [-0.05, 0) is 30.3 Å². The Balaban J connectivity index is 1.67. The first kappa shape index (κ1) is 21.4. The number of carboxylic acids is 1. The van der Waals surface area contributed by atoms with Gasteiger partial charge in [-0.25, -0.2) is 9.78 Å². The summed E-state index contributed by atoms with van der Waals surface area (Å²) in [5.74, 6) is -0.598. The molecule has 1 aliphatic rings. The number of benzene rings is 2. The van der Waals surface area contributed by atoms with E-state index in [1.165, 1.54) is 12.1 Å². The molecule has 0 radical (unpaired) electrons. The Morgan fingerprint density at radius 3 is 2.52 bits per heavy atom. The summed E-state index contributed by atoms with van der Waals surface area (Å²) >= 11 is 12.6. The van der Waals surface area contributed by atoms with Gasteiger partial charge in [0, 0.05) is 26.1 Å². The largest absolute Gasteiger partial charge is 0.478 e. The topological polar surface area (TPSA) is 96.7 Å². The number of aromatic nitrogens is 2. The van der Waals surface area contributed by atoms with Crippen molar-refractivity contribution in [3.63, 3.8) is 0 Å². The van der Waals surface area contributed by atoms with Crippen LogP contribution in [0, 0.1) is 0 Å². The van der Waals surface area contributed by atoms with Crippen molar-refractivity contribution >= 4 is 57.7 Å². The molecule has 1 aliphatic heterocycles. The lowest BCUT2D eigenvalue weighted by Gasteiger charge is -2.27. The van der Waals surface area contributed by atoms with Crippen molar-refractivity contribution in [1.29, 1.82) is 0 Å². The Kier molecular flexibility index (Phi) is 6.31. The predicted octanol–water partition coefficient (Wildman–Crippen LogP) is 4.03. The van der Waals surface area contributed by atoms with E-state index in [0.29, 0.717) is 65.6 Å². The Morgan fingerprint density at radius 2 is 1.84 bits per heavy atom. The number of carbonyl (C=O) groups excluding carboxylic acids is 1. The van der Waals surface area contributed by atoms with E-state index in [-0.39, 0.29) is 17.9 Å². The van der Waals surface area contributed by atoms with Crippen LogP contribution in [0.15, 0.2) is 36.4 Å². The van der Waals surface area contributed by atoms with Crippen molar-refractivity contribution in [1.82, 2.24) is 14.5 Å². The Hall–Kier alpha value is -2.81. The number of carboxylic acid groups (broad SMARTS) is 1. The van der Waals surface area contributed by atoms with E-state index < -0.39 is 5.97 Å². The maximum absolute atomic E-state index is 12.6. The van der Waals surface area contributed by atoms with Gasteiger partial charge in [0.2, 0.25) is 11.9 Å². The predicted molar refractivity (Wildman–Crippen MR) is 118 cm³/mol. The summed E-state index contributed by atoms with van der Waals surface area (Å²) in [6.45, 7) is 2.58. The molecule has 0 saturated carbocycles. The third kappa shape index (κ3) is 4.61. The molecule has 2 aromatic carbocycles. The van der Waals surface area contributed by atoms with Crippen LogP contribution < -0.4 is 5.32 Å². The number of morpholine rings is 1. The zero-order chi connectivity index (χ0) is 22.0. The molecule has 4 rings (SSSR count). The lowest BCUT2D eigenvalue weighted by molar-refractivity contribution is -0.135. The summed E-state index contributed by atoms with van der Waals surface area (Å²) in [6.07, 6.45) is 0.261. The highest BCUT2D eigenvalue weighted by atomic mass is 35.5. The minimum Gasteiger partial charge on any atom is -0.478 e. The van der Waals surface area contributed by atoms with Gasteiger partial charge >= 0.3 is 5.97 Å². The van der Waals surface area contributed by atoms with E-state index in [0.717, 1.165) is 0 Å². The van der Waals surface area contributed by atoms with Crippen LogP contribution in [0.2, 0.25) is 10.0 Å². The molecule has 1 fully saturated rings. The summed E-state index contributed by atoms with van der Waals surface area (Å²) in [5, 5.41) is 13.3. The Labute approximate surface area is 188 Å². The van der Waals surface area contributed by atoms with Gasteiger partial charge in [0.1, 0.15) is 0 Å². The highest BCUT2D eigenvalue weighted by molar-refractivity contribution is 6.39. The zero-order valence-electron chi connectivity index (χ0n) is 16.5. The highest BCUT2D eigenvalue weighted by Gasteiger charge is 2.20. The van der Waals surface area contributed by atoms with E-state index in [9.17, 15) is 14.7 Å². The van der Waals surface area contributed by atoms with E-state index in [1.807, 2.05) is 4.57 Å². The molecule has 3 aromatic rings. The van der Waals surface area contributed by atoms with Crippen molar-refractivity contribution in [3.8, 4) is 0 Å². The molecule has 8 nitrogen and oxygen atoms in total. The molecule has 2 heterocycles. The average molecular weight is 463 g/mol. The van der Waals surface area contributed by atoms with Gasteiger partial charge in [-0.15, -0.1) is 0 Å². The number of nitrogens with one attached hydrogen (secondary N) is 1. The van der Waals surface area contributed by atoms with Gasteiger partial charge in [0.25, 0.3) is 0 Å². The van der Waals surface area contributed by atoms with Crippen LogP contribution in [0.5, 0.6) is 0 Å². The first-order valence-corrected chi connectivity index (χ1v) is 10.5. The molecule has 1 aromatic heterocycles. The van der Waals surface area contributed by atoms with Crippen LogP contribution in [0.3, 0.4) is 0 Å². The van der Waals surface area contributed by atoms with Crippen LogP contribution in [-0.2, 0) is 16.1 Å².